The molecule has 0 spiro atoms. The van der Waals surface area contributed by atoms with Gasteiger partial charge in [-0.2, -0.15) is 0 Å². The van der Waals surface area contributed by atoms with E-state index >= 15 is 0 Å². The van der Waals surface area contributed by atoms with Crippen molar-refractivity contribution in [3.63, 3.8) is 0 Å². The van der Waals surface area contributed by atoms with Gasteiger partial charge in [-0.15, -0.1) is 0 Å². The molecule has 0 fully saturated rings. The summed E-state index contributed by atoms with van der Waals surface area (Å²) < 4.78 is 12.9. The zero-order valence-electron chi connectivity index (χ0n) is 14.7. The molecule has 4 nitrogen and oxygen atoms in total. The van der Waals surface area contributed by atoms with Gasteiger partial charge in [0.1, 0.15) is 0 Å². The van der Waals surface area contributed by atoms with Gasteiger partial charge < -0.3 is 0 Å². The van der Waals surface area contributed by atoms with Crippen LogP contribution in [0.15, 0.2) is 42.5 Å². The second kappa shape index (κ2) is 13.0. The van der Waals surface area contributed by atoms with Gasteiger partial charge in [0.25, 0.3) is 0 Å². The number of hydrogen-bond donors (Lipinski definition) is 0. The van der Waals surface area contributed by atoms with Crippen LogP contribution >= 0.6 is 0 Å². The zero-order valence-corrected chi connectivity index (χ0v) is 18.0. The summed E-state index contributed by atoms with van der Waals surface area (Å²) in [7, 11) is 0. The summed E-state index contributed by atoms with van der Waals surface area (Å²) in [6, 6.07) is 9.43. The number of carbonyl (C=O) groups is 2. The molecule has 24 heavy (non-hydrogen) atoms. The number of carbonyl (C=O) groups excluding carboxylic acids is 2. The van der Waals surface area contributed by atoms with Crippen molar-refractivity contribution >= 4 is 32.1 Å². The summed E-state index contributed by atoms with van der Waals surface area (Å²) >= 11 is -2.25. The van der Waals surface area contributed by atoms with Gasteiger partial charge in [-0.25, -0.2) is 0 Å². The Morgan fingerprint density at radius 2 is 1.54 bits per heavy atom. The van der Waals surface area contributed by atoms with Crippen LogP contribution in [0, 0.1) is 0 Å². The van der Waals surface area contributed by atoms with Gasteiger partial charge in [0.2, 0.25) is 0 Å². The van der Waals surface area contributed by atoms with Gasteiger partial charge in [0, 0.05) is 0 Å². The van der Waals surface area contributed by atoms with Crippen molar-refractivity contribution in [1.29, 1.82) is 0 Å². The first kappa shape index (κ1) is 20.7. The third-order valence-corrected chi connectivity index (χ3v) is 11.2. The fraction of sp³-hybridized carbons (Fsp3) is 0.474. The van der Waals surface area contributed by atoms with Crippen molar-refractivity contribution in [1.82, 2.24) is 0 Å². The number of benzene rings is 1. The first-order valence-electron chi connectivity index (χ1n) is 8.75. The standard InChI is InChI=1S/C11H10O4.2C4H9.Sn.H/c12-10(13)6-7-11(14)15-8-9-4-2-1-3-5-9;2*1-3-4-2;;/h1-7H,8H2,(H,12,13);2*1,3-4H2,2H3;;/q;;;+1;/p-1/b7-6-;;;;. The molecule has 1 aromatic carbocycles. The van der Waals surface area contributed by atoms with E-state index in [4.69, 9.17) is 7.81 Å². The van der Waals surface area contributed by atoms with Crippen LogP contribution in [0.3, 0.4) is 0 Å². The van der Waals surface area contributed by atoms with E-state index in [2.05, 4.69) is 13.8 Å². The summed E-state index contributed by atoms with van der Waals surface area (Å²) in [4.78, 5) is 23.5. The van der Waals surface area contributed by atoms with E-state index in [1.54, 1.807) is 0 Å². The van der Waals surface area contributed by atoms with Crippen LogP contribution in [0.2, 0.25) is 8.87 Å². The number of ether oxygens (including phenoxy) is 1. The van der Waals surface area contributed by atoms with Gasteiger partial charge in [0.15, 0.2) is 0 Å². The summed E-state index contributed by atoms with van der Waals surface area (Å²) in [5, 5.41) is 0. The third-order valence-electron chi connectivity index (χ3n) is 3.62. The van der Waals surface area contributed by atoms with Crippen molar-refractivity contribution in [2.24, 2.45) is 0 Å². The van der Waals surface area contributed by atoms with E-state index in [0.717, 1.165) is 46.2 Å². The SMILES string of the molecule is CCC[CH2][SnH]([CH2]CCC)[O]C(=O)/C=C\C(=O)OCc1ccccc1. The number of hydrogen-bond acceptors (Lipinski definition) is 4. The molecule has 0 aromatic heterocycles. The van der Waals surface area contributed by atoms with Gasteiger partial charge in [-0.3, -0.25) is 0 Å². The normalized spacial score (nSPS) is 11.0. The third kappa shape index (κ3) is 9.75. The second-order valence-corrected chi connectivity index (χ2v) is 13.3. The van der Waals surface area contributed by atoms with E-state index < -0.39 is 26.1 Å². The number of unbranched alkanes of at least 4 members (excludes halogenated alkanes) is 2. The van der Waals surface area contributed by atoms with E-state index in [1.165, 1.54) is 6.08 Å². The van der Waals surface area contributed by atoms with Gasteiger partial charge in [-0.05, 0) is 0 Å². The van der Waals surface area contributed by atoms with Crippen LogP contribution in [-0.4, -0.2) is 32.1 Å². The van der Waals surface area contributed by atoms with Crippen molar-refractivity contribution < 1.29 is 17.4 Å². The molecule has 0 aliphatic heterocycles. The molecule has 0 aliphatic carbocycles. The summed E-state index contributed by atoms with van der Waals surface area (Å²) in [6.07, 6.45) is 6.86. The molecule has 0 unspecified atom stereocenters. The van der Waals surface area contributed by atoms with Gasteiger partial charge in [0.05, 0.1) is 0 Å². The minimum atomic E-state index is -2.25. The molecule has 0 bridgehead atoms. The van der Waals surface area contributed by atoms with Crippen LogP contribution in [0.1, 0.15) is 45.1 Å². The molecule has 1 aromatic rings. The van der Waals surface area contributed by atoms with E-state index in [1.807, 2.05) is 30.3 Å². The predicted octanol–water partition coefficient (Wildman–Crippen LogP) is 4.15. The molecular weight excluding hydrogens is 411 g/mol. The Kier molecular flexibility index (Phi) is 11.3. The molecular formula is C19H28O4Sn. The van der Waals surface area contributed by atoms with E-state index in [9.17, 15) is 9.59 Å². The van der Waals surface area contributed by atoms with Crippen LogP contribution in [-0.2, 0) is 24.0 Å². The van der Waals surface area contributed by atoms with Crippen LogP contribution < -0.4 is 0 Å². The number of esters is 1. The topological polar surface area (TPSA) is 52.6 Å². The molecule has 0 radical (unpaired) electrons. The molecule has 0 heterocycles. The molecule has 1 rings (SSSR count). The Bertz CT molecular complexity index is 505. The Labute approximate surface area is 152 Å². The van der Waals surface area contributed by atoms with Crippen LogP contribution in [0.4, 0.5) is 0 Å². The maximum absolute atomic E-state index is 11.9. The maximum atomic E-state index is 11.9. The molecule has 5 heteroatoms. The summed E-state index contributed by atoms with van der Waals surface area (Å²) in [5.74, 6) is -0.913. The Morgan fingerprint density at radius 3 is 2.12 bits per heavy atom. The van der Waals surface area contributed by atoms with Crippen molar-refractivity contribution in [3.05, 3.63) is 48.0 Å². The van der Waals surface area contributed by atoms with Crippen molar-refractivity contribution in [3.8, 4) is 0 Å². The Hall–Kier alpha value is -1.30. The molecule has 0 N–H and O–H groups in total. The monoisotopic (exact) mass is 440 g/mol. The van der Waals surface area contributed by atoms with Gasteiger partial charge in [-0.1, -0.05) is 0 Å². The molecule has 0 aliphatic rings. The first-order valence-corrected chi connectivity index (χ1v) is 14.8. The molecule has 0 saturated carbocycles. The Morgan fingerprint density at radius 1 is 0.958 bits per heavy atom. The van der Waals surface area contributed by atoms with E-state index in [-0.39, 0.29) is 12.6 Å². The first-order chi connectivity index (χ1) is 11.7. The average Bonchev–Trinajstić information content (AvgIpc) is 2.61. The molecule has 0 amide bonds. The fourth-order valence-corrected chi connectivity index (χ4v) is 9.83. The molecule has 0 saturated heterocycles. The van der Waals surface area contributed by atoms with E-state index in [0.29, 0.717) is 0 Å². The van der Waals surface area contributed by atoms with Crippen LogP contribution in [0.25, 0.3) is 0 Å². The van der Waals surface area contributed by atoms with Crippen molar-refractivity contribution in [2.45, 2.75) is 55.0 Å². The second-order valence-electron chi connectivity index (χ2n) is 5.77. The average molecular weight is 439 g/mol. The van der Waals surface area contributed by atoms with Crippen molar-refractivity contribution in [2.75, 3.05) is 0 Å². The predicted molar refractivity (Wildman–Crippen MR) is 98.0 cm³/mol. The molecule has 0 atom stereocenters. The Balaban J connectivity index is 2.37. The fourth-order valence-electron chi connectivity index (χ4n) is 2.24. The molecule has 132 valence electrons. The summed E-state index contributed by atoms with van der Waals surface area (Å²) in [6.45, 7) is 4.49. The quantitative estimate of drug-likeness (QED) is 0.296. The number of rotatable bonds is 11. The zero-order chi connectivity index (χ0) is 17.6. The van der Waals surface area contributed by atoms with Crippen LogP contribution in [0.5, 0.6) is 0 Å². The minimum absolute atomic E-state index is 0.202. The van der Waals surface area contributed by atoms with Gasteiger partial charge >= 0.3 is 153 Å². The summed E-state index contributed by atoms with van der Waals surface area (Å²) in [5.41, 5.74) is 0.914.